The van der Waals surface area contributed by atoms with Crippen molar-refractivity contribution < 1.29 is 9.53 Å². The van der Waals surface area contributed by atoms with Crippen molar-refractivity contribution in [1.29, 1.82) is 0 Å². The van der Waals surface area contributed by atoms with Gasteiger partial charge in [-0.1, -0.05) is 42.3 Å². The lowest BCUT2D eigenvalue weighted by Crippen LogP contribution is -1.99. The van der Waals surface area contributed by atoms with Gasteiger partial charge in [0, 0.05) is 5.56 Å². The van der Waals surface area contributed by atoms with E-state index in [1.807, 2.05) is 36.4 Å². The number of rotatable bonds is 1. The molecule has 0 aliphatic carbocycles. The van der Waals surface area contributed by atoms with Crippen molar-refractivity contribution in [3.8, 4) is 12.3 Å². The first-order chi connectivity index (χ1) is 8.77. The number of methoxy groups -OCH3 is 1. The highest BCUT2D eigenvalue weighted by Gasteiger charge is 2.00. The maximum absolute atomic E-state index is 10.8. The van der Waals surface area contributed by atoms with Crippen LogP contribution < -0.4 is 0 Å². The number of hydrogen-bond donors (Lipinski definition) is 0. The van der Waals surface area contributed by atoms with Crippen molar-refractivity contribution in [3.63, 3.8) is 0 Å². The number of terminal acetylenes is 1. The number of hydrogen-bond acceptors (Lipinski definition) is 2. The van der Waals surface area contributed by atoms with Crippen LogP contribution in [0, 0.1) is 12.3 Å². The minimum atomic E-state index is -0.291. The third-order valence-electron chi connectivity index (χ3n) is 2.14. The summed E-state index contributed by atoms with van der Waals surface area (Å²) in [5, 5.41) is 0. The zero-order chi connectivity index (χ0) is 13.2. The molecule has 2 nitrogen and oxygen atoms in total. The lowest BCUT2D eigenvalue weighted by Gasteiger charge is -1.95. The van der Waals surface area contributed by atoms with Gasteiger partial charge < -0.3 is 4.74 Å². The third-order valence-corrected chi connectivity index (χ3v) is 2.14. The molecule has 0 radical (unpaired) electrons. The molecule has 0 fully saturated rings. The molecule has 0 aliphatic heterocycles. The van der Waals surface area contributed by atoms with Gasteiger partial charge in [-0.3, -0.25) is 0 Å². The summed E-state index contributed by atoms with van der Waals surface area (Å²) in [7, 11) is 1.37. The minimum Gasteiger partial charge on any atom is -0.465 e. The first kappa shape index (κ1) is 13.5. The monoisotopic (exact) mass is 238 g/mol. The minimum absolute atomic E-state index is 0.291. The average molecular weight is 238 g/mol. The van der Waals surface area contributed by atoms with E-state index in [1.165, 1.54) is 7.11 Å². The van der Waals surface area contributed by atoms with Gasteiger partial charge in [0.15, 0.2) is 0 Å². The lowest BCUT2D eigenvalue weighted by molar-refractivity contribution is 0.0601. The summed E-state index contributed by atoms with van der Waals surface area (Å²) in [5.74, 6) is 2.24. The molecule has 0 atom stereocenters. The summed E-state index contributed by atoms with van der Waals surface area (Å²) in [6.07, 6.45) is 5.10. The molecule has 0 heterocycles. The molecule has 0 aliphatic rings. The van der Waals surface area contributed by atoms with Crippen molar-refractivity contribution in [2.24, 2.45) is 0 Å². The topological polar surface area (TPSA) is 26.3 Å². The van der Waals surface area contributed by atoms with Crippen LogP contribution >= 0.6 is 0 Å². The van der Waals surface area contributed by atoms with Crippen LogP contribution in [0.5, 0.6) is 0 Å². The molecule has 0 aromatic heterocycles. The van der Waals surface area contributed by atoms with Crippen LogP contribution in [0.25, 0.3) is 0 Å². The van der Waals surface area contributed by atoms with E-state index >= 15 is 0 Å². The second-order valence-corrected chi connectivity index (χ2v) is 3.37. The summed E-state index contributed by atoms with van der Waals surface area (Å²) in [4.78, 5) is 10.8. The van der Waals surface area contributed by atoms with E-state index in [0.717, 1.165) is 5.56 Å². The number of carbonyl (C=O) groups excluding carboxylic acids is 1. The molecule has 2 rings (SSSR count). The van der Waals surface area contributed by atoms with Gasteiger partial charge in [0.1, 0.15) is 0 Å². The van der Waals surface area contributed by atoms with Crippen molar-refractivity contribution in [2.75, 3.05) is 7.11 Å². The van der Waals surface area contributed by atoms with Gasteiger partial charge in [-0.15, -0.1) is 6.42 Å². The van der Waals surface area contributed by atoms with E-state index in [4.69, 9.17) is 6.42 Å². The summed E-state index contributed by atoms with van der Waals surface area (Å²) in [6, 6.07) is 18.5. The van der Waals surface area contributed by atoms with E-state index in [-0.39, 0.29) is 5.97 Å². The summed E-state index contributed by atoms with van der Waals surface area (Å²) >= 11 is 0. The Kier molecular flexibility index (Phi) is 5.79. The van der Waals surface area contributed by atoms with Gasteiger partial charge in [0.25, 0.3) is 0 Å². The quantitative estimate of drug-likeness (QED) is 0.563. The normalized spacial score (nSPS) is 8.44. The van der Waals surface area contributed by atoms with E-state index in [9.17, 15) is 4.79 Å². The number of benzene rings is 2. The molecule has 0 spiro atoms. The predicted octanol–water partition coefficient (Wildman–Crippen LogP) is 3.14. The Morgan fingerprint density at radius 1 is 1.00 bits per heavy atom. The first-order valence-electron chi connectivity index (χ1n) is 5.43. The van der Waals surface area contributed by atoms with Crippen LogP contribution in [-0.4, -0.2) is 13.1 Å². The molecule has 0 saturated carbocycles. The smallest absolute Gasteiger partial charge is 0.337 e. The highest BCUT2D eigenvalue weighted by atomic mass is 16.5. The molecule has 2 heteroatoms. The largest absolute Gasteiger partial charge is 0.465 e. The molecule has 2 aromatic carbocycles. The summed E-state index contributed by atoms with van der Waals surface area (Å²) in [6.45, 7) is 0. The van der Waals surface area contributed by atoms with Crippen LogP contribution in [0.4, 0.5) is 0 Å². The van der Waals surface area contributed by atoms with Crippen LogP contribution in [0.1, 0.15) is 15.9 Å². The van der Waals surface area contributed by atoms with Crippen molar-refractivity contribution >= 4 is 5.97 Å². The van der Waals surface area contributed by atoms with Crippen molar-refractivity contribution in [2.45, 2.75) is 0 Å². The third kappa shape index (κ3) is 4.54. The average Bonchev–Trinajstić information content (AvgIpc) is 2.49. The maximum atomic E-state index is 10.8. The van der Waals surface area contributed by atoms with Crippen LogP contribution in [0.15, 0.2) is 60.7 Å². The van der Waals surface area contributed by atoms with Gasteiger partial charge in [0.2, 0.25) is 0 Å². The van der Waals surface area contributed by atoms with Crippen LogP contribution in [0.2, 0.25) is 0 Å². The molecule has 0 N–H and O–H groups in total. The number of esters is 1. The summed E-state index contributed by atoms with van der Waals surface area (Å²) < 4.78 is 4.50. The van der Waals surface area contributed by atoms with Gasteiger partial charge in [-0.2, -0.15) is 0 Å². The van der Waals surface area contributed by atoms with E-state index in [1.54, 1.807) is 24.3 Å². The molecule has 0 bridgehead atoms. The second kappa shape index (κ2) is 7.70. The standard InChI is InChI=1S/C8H8O2.C8H6/c1-10-8(9)7-5-3-2-4-6-7;1-2-8-6-4-3-5-7-8/h2-6H,1H3;1,3-7H. The predicted molar refractivity (Wildman–Crippen MR) is 72.2 cm³/mol. The van der Waals surface area contributed by atoms with Gasteiger partial charge in [-0.05, 0) is 24.3 Å². The first-order valence-corrected chi connectivity index (χ1v) is 5.43. The van der Waals surface area contributed by atoms with Crippen molar-refractivity contribution in [3.05, 3.63) is 71.8 Å². The van der Waals surface area contributed by atoms with Gasteiger partial charge in [0.05, 0.1) is 12.7 Å². The fraction of sp³-hybridized carbons (Fsp3) is 0.0625. The molecule has 0 saturated heterocycles. The fourth-order valence-electron chi connectivity index (χ4n) is 1.23. The molecule has 90 valence electrons. The zero-order valence-electron chi connectivity index (χ0n) is 10.2. The van der Waals surface area contributed by atoms with E-state index < -0.39 is 0 Å². The van der Waals surface area contributed by atoms with E-state index in [2.05, 4.69) is 10.7 Å². The Labute approximate surface area is 107 Å². The molecular weight excluding hydrogens is 224 g/mol. The second-order valence-electron chi connectivity index (χ2n) is 3.37. The van der Waals surface area contributed by atoms with Crippen LogP contribution in [-0.2, 0) is 4.74 Å². The molecule has 0 unspecified atom stereocenters. The lowest BCUT2D eigenvalue weighted by atomic mass is 10.2. The highest BCUT2D eigenvalue weighted by Crippen LogP contribution is 1.98. The highest BCUT2D eigenvalue weighted by molar-refractivity contribution is 5.89. The molecule has 18 heavy (non-hydrogen) atoms. The van der Waals surface area contributed by atoms with Gasteiger partial charge >= 0.3 is 5.97 Å². The summed E-state index contributed by atoms with van der Waals surface area (Å²) in [5.41, 5.74) is 1.53. The van der Waals surface area contributed by atoms with Crippen molar-refractivity contribution in [1.82, 2.24) is 0 Å². The Bertz CT molecular complexity index is 510. The molecular formula is C16H14O2. The maximum Gasteiger partial charge on any atom is 0.337 e. The Morgan fingerprint density at radius 3 is 1.89 bits per heavy atom. The van der Waals surface area contributed by atoms with Gasteiger partial charge in [-0.25, -0.2) is 4.79 Å². The fourth-order valence-corrected chi connectivity index (χ4v) is 1.23. The zero-order valence-corrected chi connectivity index (χ0v) is 10.2. The Balaban J connectivity index is 0.000000184. The molecule has 0 amide bonds. The van der Waals surface area contributed by atoms with E-state index in [0.29, 0.717) is 5.56 Å². The Hall–Kier alpha value is -2.53. The number of ether oxygens (including phenoxy) is 1. The number of carbonyl (C=O) groups is 1. The van der Waals surface area contributed by atoms with Crippen LogP contribution in [0.3, 0.4) is 0 Å². The Morgan fingerprint density at radius 2 is 1.50 bits per heavy atom. The molecule has 2 aromatic rings. The SMILES string of the molecule is C#Cc1ccccc1.COC(=O)c1ccccc1.